The minimum atomic E-state index is -3.54. The summed E-state index contributed by atoms with van der Waals surface area (Å²) >= 11 is 0. The molecule has 1 aromatic rings. The number of nitrogens with one attached hydrogen (secondary N) is 4. The van der Waals surface area contributed by atoms with Crippen molar-refractivity contribution in [2.24, 2.45) is 10.8 Å². The highest BCUT2D eigenvalue weighted by Crippen LogP contribution is 2.37. The molecule has 7 atom stereocenters. The number of terminal acetylenes is 1. The van der Waals surface area contributed by atoms with Gasteiger partial charge in [0, 0.05) is 52.1 Å². The number of benzene rings is 1. The van der Waals surface area contributed by atoms with Crippen LogP contribution in [-0.2, 0) is 46.8 Å². The molecule has 0 spiro atoms. The quantitative estimate of drug-likeness (QED) is 0.0829. The molecule has 0 saturated carbocycles. The van der Waals surface area contributed by atoms with Gasteiger partial charge in [-0.05, 0) is 34.8 Å². The van der Waals surface area contributed by atoms with E-state index >= 15 is 0 Å². The molecule has 58 heavy (non-hydrogen) atoms. The molecule has 3 aliphatic rings. The Morgan fingerprint density at radius 2 is 1.76 bits per heavy atom. The third kappa shape index (κ3) is 12.3. The molecule has 17 heteroatoms. The summed E-state index contributed by atoms with van der Waals surface area (Å²) in [6.07, 6.45) is 6.67. The van der Waals surface area contributed by atoms with E-state index in [1.807, 2.05) is 65.8 Å². The van der Waals surface area contributed by atoms with Crippen LogP contribution in [0.25, 0.3) is 0 Å². The van der Waals surface area contributed by atoms with Gasteiger partial charge in [-0.25, -0.2) is 22.3 Å². The van der Waals surface area contributed by atoms with E-state index in [1.165, 1.54) is 18.7 Å². The van der Waals surface area contributed by atoms with Gasteiger partial charge in [0.05, 0.1) is 24.9 Å². The third-order valence-corrected chi connectivity index (χ3v) is 12.1. The summed E-state index contributed by atoms with van der Waals surface area (Å²) in [6.45, 7) is 15.6. The molecule has 5 unspecified atom stereocenters. The predicted molar refractivity (Wildman–Crippen MR) is 218 cm³/mol. The fourth-order valence-corrected chi connectivity index (χ4v) is 7.52. The number of epoxide rings is 1. The molecule has 0 radical (unpaired) electrons. The number of carbonyl (C=O) groups excluding carboxylic acids is 5. The molecule has 3 heterocycles. The van der Waals surface area contributed by atoms with Gasteiger partial charge in [0.2, 0.25) is 21.7 Å². The topological polar surface area (TPSA) is 199 Å². The van der Waals surface area contributed by atoms with Gasteiger partial charge in [0.1, 0.15) is 24.5 Å². The van der Waals surface area contributed by atoms with Crippen molar-refractivity contribution in [2.75, 3.05) is 39.5 Å². The summed E-state index contributed by atoms with van der Waals surface area (Å²) in [5, 5.41) is 11.3. The standard InChI is InChI=1S/C41H61N7O9S/c1-11-13-18-29(32(49)35(50)42-20-12-2)43-36-33(57-36)30-22-28(56-39(53)47-21-19-26-16-14-15-17-27(26)23-47)24-48(30)37(51)34(41(6,7)8)45-38(52)44-31(40(3,4)5)25-46(9)58(10,54)55/h1,12,14-17,28-31,33-34,36,43H,2,13,18-25H2,3-10H3,(H,42,50)(H2,44,45,52)/t28-,29?,30?,31-,33?,34?,36?/m1/s1. The minimum absolute atomic E-state index is 0.00188. The van der Waals surface area contributed by atoms with Gasteiger partial charge in [0.15, 0.2) is 0 Å². The van der Waals surface area contributed by atoms with Crippen LogP contribution in [0.1, 0.15) is 71.9 Å². The minimum Gasteiger partial charge on any atom is -0.444 e. The monoisotopic (exact) mass is 827 g/mol. The lowest BCUT2D eigenvalue weighted by molar-refractivity contribution is -0.139. The van der Waals surface area contributed by atoms with E-state index in [4.69, 9.17) is 15.9 Å². The zero-order valence-electron chi connectivity index (χ0n) is 35.0. The Hall–Kier alpha value is -4.50. The number of likely N-dealkylation sites (N-methyl/N-ethyl adjacent to an activating group) is 1. The first-order valence-electron chi connectivity index (χ1n) is 19.6. The first-order chi connectivity index (χ1) is 27.0. The molecule has 3 aliphatic heterocycles. The maximum atomic E-state index is 14.7. The molecule has 4 N–H and O–H groups in total. The van der Waals surface area contributed by atoms with E-state index in [9.17, 15) is 32.4 Å². The van der Waals surface area contributed by atoms with Gasteiger partial charge in [-0.1, -0.05) is 71.9 Å². The number of rotatable bonds is 16. The highest BCUT2D eigenvalue weighted by molar-refractivity contribution is 7.88. The first kappa shape index (κ1) is 46.2. The SMILES string of the molecule is C#CCCC(NC1OC1C1C[C@@H](OC(=O)N2CCc3ccccc3C2)CN1C(=O)C(NC(=O)N[C@H](CN(C)S(C)(=O)=O)C(C)(C)C)C(C)(C)C)C(=O)C(=O)NCC=C. The fraction of sp³-hybridized carbons (Fsp3) is 0.634. The molecule has 0 aliphatic carbocycles. The van der Waals surface area contributed by atoms with Crippen molar-refractivity contribution in [3.05, 3.63) is 48.0 Å². The highest BCUT2D eigenvalue weighted by Gasteiger charge is 2.55. The zero-order chi connectivity index (χ0) is 43.2. The highest BCUT2D eigenvalue weighted by atomic mass is 32.2. The van der Waals surface area contributed by atoms with E-state index in [0.717, 1.165) is 16.1 Å². The fourth-order valence-electron chi connectivity index (χ4n) is 7.10. The second-order valence-electron chi connectivity index (χ2n) is 17.5. The number of hydrogen-bond acceptors (Lipinski definition) is 10. The van der Waals surface area contributed by atoms with Crippen LogP contribution in [0.5, 0.6) is 0 Å². The molecular weight excluding hydrogens is 767 g/mol. The Labute approximate surface area is 343 Å². The van der Waals surface area contributed by atoms with Crippen LogP contribution in [0.15, 0.2) is 36.9 Å². The van der Waals surface area contributed by atoms with E-state index in [-0.39, 0.29) is 38.9 Å². The first-order valence-corrected chi connectivity index (χ1v) is 21.5. The lowest BCUT2D eigenvalue weighted by Gasteiger charge is -2.37. The van der Waals surface area contributed by atoms with Gasteiger partial charge in [-0.3, -0.25) is 19.7 Å². The Kier molecular flexibility index (Phi) is 15.2. The van der Waals surface area contributed by atoms with Gasteiger partial charge in [0.25, 0.3) is 5.91 Å². The summed E-state index contributed by atoms with van der Waals surface area (Å²) in [4.78, 5) is 70.9. The van der Waals surface area contributed by atoms with Crippen molar-refractivity contribution in [1.82, 2.24) is 35.4 Å². The Morgan fingerprint density at radius 1 is 1.09 bits per heavy atom. The van der Waals surface area contributed by atoms with Gasteiger partial charge < -0.3 is 35.2 Å². The summed E-state index contributed by atoms with van der Waals surface area (Å²) in [6, 6.07) is 3.92. The second-order valence-corrected chi connectivity index (χ2v) is 19.6. The van der Waals surface area contributed by atoms with Crippen LogP contribution in [0.2, 0.25) is 0 Å². The number of sulfonamides is 1. The summed E-state index contributed by atoms with van der Waals surface area (Å²) in [5.41, 5.74) is 0.839. The lowest BCUT2D eigenvalue weighted by atomic mass is 9.85. The van der Waals surface area contributed by atoms with Crippen LogP contribution < -0.4 is 21.3 Å². The second kappa shape index (κ2) is 19.0. The number of urea groups is 1. The van der Waals surface area contributed by atoms with Crippen LogP contribution >= 0.6 is 0 Å². The molecule has 2 saturated heterocycles. The number of ketones is 1. The lowest BCUT2D eigenvalue weighted by Crippen LogP contribution is -2.61. The van der Waals surface area contributed by atoms with E-state index in [0.29, 0.717) is 19.5 Å². The molecule has 1 aromatic carbocycles. The zero-order valence-corrected chi connectivity index (χ0v) is 35.8. The number of carbonyl (C=O) groups is 5. The van der Waals surface area contributed by atoms with Crippen molar-refractivity contribution in [3.8, 4) is 12.3 Å². The third-order valence-electron chi connectivity index (χ3n) is 10.8. The summed E-state index contributed by atoms with van der Waals surface area (Å²) < 4.78 is 37.7. The molecule has 320 valence electrons. The van der Waals surface area contributed by atoms with Crippen LogP contribution in [0, 0.1) is 23.2 Å². The number of hydrogen-bond donors (Lipinski definition) is 4. The normalized spacial score (nSPS) is 22.1. The van der Waals surface area contributed by atoms with Crippen LogP contribution in [0.3, 0.4) is 0 Å². The largest absolute Gasteiger partial charge is 0.444 e. The van der Waals surface area contributed by atoms with Crippen molar-refractivity contribution in [3.63, 3.8) is 0 Å². The van der Waals surface area contributed by atoms with Crippen LogP contribution in [0.4, 0.5) is 9.59 Å². The Bertz CT molecular complexity index is 1850. The van der Waals surface area contributed by atoms with Gasteiger partial charge >= 0.3 is 12.1 Å². The number of amides is 5. The number of nitrogens with zero attached hydrogens (tertiary/aromatic N) is 3. The van der Waals surface area contributed by atoms with Crippen molar-refractivity contribution in [2.45, 2.75) is 116 Å². The number of Topliss-reactive ketones (excluding diaryl/α,β-unsaturated/α-hetero) is 1. The molecule has 5 amide bonds. The Morgan fingerprint density at radius 3 is 2.36 bits per heavy atom. The average Bonchev–Trinajstić information content (AvgIpc) is 3.79. The number of likely N-dealkylation sites (tertiary alicyclic amines) is 1. The maximum Gasteiger partial charge on any atom is 0.410 e. The molecule has 4 rings (SSSR count). The van der Waals surface area contributed by atoms with Crippen LogP contribution in [-0.4, -0.2) is 134 Å². The van der Waals surface area contributed by atoms with Gasteiger partial charge in [-0.2, -0.15) is 0 Å². The van der Waals surface area contributed by atoms with E-state index < -0.39 is 93.2 Å². The van der Waals surface area contributed by atoms with Crippen molar-refractivity contribution >= 4 is 39.7 Å². The number of ether oxygens (including phenoxy) is 2. The smallest absolute Gasteiger partial charge is 0.410 e. The van der Waals surface area contributed by atoms with E-state index in [2.05, 4.69) is 33.8 Å². The van der Waals surface area contributed by atoms with E-state index in [1.54, 1.807) is 9.80 Å². The number of fused-ring (bicyclic) bond motifs is 1. The summed E-state index contributed by atoms with van der Waals surface area (Å²) in [5.74, 6) is 0.526. The van der Waals surface area contributed by atoms with Crippen molar-refractivity contribution < 1.29 is 41.9 Å². The Balaban J connectivity index is 1.56. The predicted octanol–water partition coefficient (Wildman–Crippen LogP) is 2.14. The molecule has 0 aromatic heterocycles. The average molecular weight is 828 g/mol. The maximum absolute atomic E-state index is 14.7. The molecule has 16 nitrogen and oxygen atoms in total. The molecule has 2 fully saturated rings. The molecular formula is C41H61N7O9S. The van der Waals surface area contributed by atoms with Gasteiger partial charge in [-0.15, -0.1) is 18.9 Å². The van der Waals surface area contributed by atoms with Crippen molar-refractivity contribution in [1.29, 1.82) is 0 Å². The molecule has 0 bridgehead atoms. The summed E-state index contributed by atoms with van der Waals surface area (Å²) in [7, 11) is -2.11.